The van der Waals surface area contributed by atoms with Crippen LogP contribution in [0.4, 0.5) is 12.9 Å². The normalized spacial score (nSPS) is 9.92. The largest absolute Gasteiger partial charge is 1.00 e. The number of pyridine rings is 1. The third-order valence-electron chi connectivity index (χ3n) is 3.37. The minimum Gasteiger partial charge on any atom is -1.00 e. The molecule has 0 amide bonds. The van der Waals surface area contributed by atoms with Gasteiger partial charge in [-0.3, -0.25) is 12.9 Å². The zero-order chi connectivity index (χ0) is 18.7. The lowest BCUT2D eigenvalue weighted by atomic mass is 10.1. The molecule has 0 radical (unpaired) electrons. The molecule has 0 saturated carbocycles. The molecule has 1 N–H and O–H groups in total. The smallest absolute Gasteiger partial charge is 0.762 e. The Morgan fingerprint density at radius 2 is 1.73 bits per heavy atom. The van der Waals surface area contributed by atoms with Crippen LogP contribution in [-0.2, 0) is 13.2 Å². The van der Waals surface area contributed by atoms with Gasteiger partial charge in [0.05, 0.1) is 13.7 Å². The summed E-state index contributed by atoms with van der Waals surface area (Å²) in [6.07, 6.45) is 9.38. The molecular weight excluding hydrogens is 349 g/mol. The summed E-state index contributed by atoms with van der Waals surface area (Å²) >= 11 is 0. The molecule has 0 saturated heterocycles. The molecule has 142 valence electrons. The molecule has 0 bridgehead atoms. The highest BCUT2D eigenvalue weighted by Gasteiger charge is 2.06. The van der Waals surface area contributed by atoms with Crippen molar-refractivity contribution in [2.75, 3.05) is 7.11 Å². The second-order valence-electron chi connectivity index (χ2n) is 5.17. The molecule has 26 heavy (non-hydrogen) atoms. The Kier molecular flexibility index (Phi) is 11.8. The molecule has 0 aliphatic heterocycles. The van der Waals surface area contributed by atoms with E-state index in [1.807, 2.05) is 24.3 Å². The van der Waals surface area contributed by atoms with Gasteiger partial charge in [0.2, 0.25) is 0 Å². The molecule has 1 aromatic heterocycles. The molecule has 0 atom stereocenters. The van der Waals surface area contributed by atoms with E-state index in [0.717, 1.165) is 35.4 Å². The number of aryl methyl sites for hydroxylation is 1. The van der Waals surface area contributed by atoms with E-state index >= 15 is 0 Å². The van der Waals surface area contributed by atoms with Crippen LogP contribution in [0.5, 0.6) is 5.75 Å². The van der Waals surface area contributed by atoms with Crippen molar-refractivity contribution in [1.29, 1.82) is 0 Å². The Morgan fingerprint density at radius 1 is 1.12 bits per heavy atom. The fraction of sp³-hybridized carbons (Fsp3) is 0.278. The van der Waals surface area contributed by atoms with E-state index in [0.29, 0.717) is 0 Å². The van der Waals surface area contributed by atoms with E-state index in [9.17, 15) is 18.1 Å². The highest BCUT2D eigenvalue weighted by molar-refractivity contribution is 6.33. The Labute approximate surface area is 151 Å². The van der Waals surface area contributed by atoms with Crippen molar-refractivity contribution in [2.24, 2.45) is 0 Å². The first-order valence-corrected chi connectivity index (χ1v) is 7.87. The number of halogens is 4. The average molecular weight is 371 g/mol. The fourth-order valence-electron chi connectivity index (χ4n) is 2.18. The lowest BCUT2D eigenvalue weighted by molar-refractivity contribution is -0.697. The first kappa shape index (κ1) is 23.7. The van der Waals surface area contributed by atoms with Crippen molar-refractivity contribution in [2.45, 2.75) is 26.5 Å². The molecular formula is C18H22BF4NO2. The maximum absolute atomic E-state index is 9.67. The second kappa shape index (κ2) is 12.9. The van der Waals surface area contributed by atoms with Gasteiger partial charge in [-0.05, 0) is 28.8 Å². The molecule has 1 aromatic carbocycles. The summed E-state index contributed by atoms with van der Waals surface area (Å²) in [6.45, 7) is 3.21. The van der Waals surface area contributed by atoms with Gasteiger partial charge in [0.15, 0.2) is 12.4 Å². The van der Waals surface area contributed by atoms with Gasteiger partial charge >= 0.3 is 7.54 Å². The summed E-state index contributed by atoms with van der Waals surface area (Å²) in [5.74, 6) is 0.761. The molecule has 0 aliphatic carbocycles. The number of methoxy groups -OCH3 is 1. The van der Waals surface area contributed by atoms with E-state index in [1.165, 1.54) is 0 Å². The first-order chi connectivity index (χ1) is 12.0. The fourth-order valence-corrected chi connectivity index (χ4v) is 2.18. The van der Waals surface area contributed by atoms with E-state index in [1.54, 1.807) is 7.11 Å². The van der Waals surface area contributed by atoms with Crippen LogP contribution in [0, 0.1) is 0 Å². The third kappa shape index (κ3) is 8.66. The van der Waals surface area contributed by atoms with E-state index in [4.69, 9.17) is 4.74 Å². The summed E-state index contributed by atoms with van der Waals surface area (Å²) in [7, 11) is -2.04. The molecule has 2 aromatic rings. The predicted octanol–water partition coefficient (Wildman–Crippen LogP) is 0.939. The minimum atomic E-state index is -3.67. The van der Waals surface area contributed by atoms with Crippen LogP contribution < -0.4 is 14.0 Å². The summed E-state index contributed by atoms with van der Waals surface area (Å²) < 4.78 is 36.3. The maximum Gasteiger partial charge on any atom is 0.762 e. The number of benzene rings is 1. The van der Waals surface area contributed by atoms with Crippen molar-refractivity contribution < 1.29 is 32.1 Å². The van der Waals surface area contributed by atoms with Crippen molar-refractivity contribution in [3.63, 3.8) is 0 Å². The highest BCUT2D eigenvalue weighted by atomic mass is 19.4. The Bertz CT molecular complexity index is 664. The van der Waals surface area contributed by atoms with Gasteiger partial charge in [0.25, 0.3) is 0 Å². The first-order valence-electron chi connectivity index (χ1n) is 7.87. The van der Waals surface area contributed by atoms with Crippen LogP contribution in [0.2, 0.25) is 0 Å². The molecule has 0 aliphatic rings. The van der Waals surface area contributed by atoms with E-state index < -0.39 is 7.54 Å². The number of hydrogen-bond acceptors (Lipinski definition) is 2. The molecule has 8 heteroatoms. The topological polar surface area (TPSA) is 33.3 Å². The molecule has 0 unspecified atom stereocenters. The molecule has 0 spiro atoms. The van der Waals surface area contributed by atoms with E-state index in [-0.39, 0.29) is 11.3 Å². The highest BCUT2D eigenvalue weighted by Crippen LogP contribution is 2.19. The van der Waals surface area contributed by atoms with Crippen LogP contribution in [0.15, 0.2) is 42.7 Å². The molecule has 2 rings (SSSR count). The van der Waals surface area contributed by atoms with Gasteiger partial charge in [0, 0.05) is 18.6 Å². The van der Waals surface area contributed by atoms with Crippen LogP contribution in [-0.4, -0.2) is 19.8 Å². The van der Waals surface area contributed by atoms with Crippen LogP contribution in [0.25, 0.3) is 12.2 Å². The van der Waals surface area contributed by atoms with Crippen molar-refractivity contribution in [3.8, 4) is 5.75 Å². The zero-order valence-corrected chi connectivity index (χ0v) is 14.7. The SMILES string of the molecule is CCC[n+]1ccc(/C=C/c2ccc(OC)cc2CO)cc1.FB(F)F.[F-]. The summed E-state index contributed by atoms with van der Waals surface area (Å²) in [4.78, 5) is 0. The monoisotopic (exact) mass is 371 g/mol. The molecule has 0 fully saturated rings. The number of ether oxygens (including phenoxy) is 1. The Hall–Kier alpha value is -2.35. The van der Waals surface area contributed by atoms with Gasteiger partial charge in [-0.1, -0.05) is 25.1 Å². The standard InChI is InChI=1S/C18H22NO2.BF3.FH/c1-3-10-19-11-8-15(9-12-19)4-5-16-6-7-18(21-2)13-17(16)14-20;2-1(3)4;/h4-9,11-13,20H,3,10,14H2,1-2H3;;1H/q+1;;/p-1/b5-4+;;. The van der Waals surface area contributed by atoms with E-state index in [2.05, 4.69) is 42.1 Å². The minimum absolute atomic E-state index is 0. The van der Waals surface area contributed by atoms with Gasteiger partial charge in [-0.2, -0.15) is 0 Å². The van der Waals surface area contributed by atoms with Gasteiger partial charge in [0.1, 0.15) is 12.3 Å². The van der Waals surface area contributed by atoms with Crippen molar-refractivity contribution >= 4 is 19.7 Å². The van der Waals surface area contributed by atoms with Gasteiger partial charge < -0.3 is 14.5 Å². The summed E-state index contributed by atoms with van der Waals surface area (Å²) in [5, 5.41) is 9.44. The van der Waals surface area contributed by atoms with Gasteiger partial charge in [-0.15, -0.1) is 0 Å². The second-order valence-corrected chi connectivity index (χ2v) is 5.17. The number of aromatic nitrogens is 1. The summed E-state index contributed by atoms with van der Waals surface area (Å²) in [6, 6.07) is 9.91. The third-order valence-corrected chi connectivity index (χ3v) is 3.37. The van der Waals surface area contributed by atoms with Crippen LogP contribution in [0.1, 0.15) is 30.0 Å². The Balaban J connectivity index is 0.00000113. The van der Waals surface area contributed by atoms with Crippen molar-refractivity contribution in [1.82, 2.24) is 0 Å². The van der Waals surface area contributed by atoms with Crippen molar-refractivity contribution in [3.05, 3.63) is 59.4 Å². The number of hydrogen-bond donors (Lipinski definition) is 1. The number of aliphatic hydroxyl groups is 1. The quantitative estimate of drug-likeness (QED) is 0.466. The Morgan fingerprint density at radius 3 is 2.23 bits per heavy atom. The molecule has 1 heterocycles. The average Bonchev–Trinajstić information content (AvgIpc) is 2.61. The summed E-state index contributed by atoms with van der Waals surface area (Å²) in [5.41, 5.74) is 3.01. The lowest BCUT2D eigenvalue weighted by Gasteiger charge is -2.06. The van der Waals surface area contributed by atoms with Crippen LogP contribution in [0.3, 0.4) is 0 Å². The number of aliphatic hydroxyl groups excluding tert-OH is 1. The zero-order valence-electron chi connectivity index (χ0n) is 14.7. The lowest BCUT2D eigenvalue weighted by Crippen LogP contribution is -3.00. The van der Waals surface area contributed by atoms with Gasteiger partial charge in [-0.25, -0.2) is 4.57 Å². The predicted molar refractivity (Wildman–Crippen MR) is 93.9 cm³/mol. The number of nitrogens with zero attached hydrogens (tertiary/aromatic N) is 1. The number of rotatable bonds is 6. The van der Waals surface area contributed by atoms with Crippen LogP contribution >= 0.6 is 0 Å². The molecule has 3 nitrogen and oxygen atoms in total. The maximum atomic E-state index is 9.67.